The SMILES string of the molecule is CC(N=C1CN(C(=O)O)CC1C(=O)O)c1ccccc1. The molecule has 0 radical (unpaired) electrons. The molecule has 1 heterocycles. The summed E-state index contributed by atoms with van der Waals surface area (Å²) >= 11 is 0. The zero-order chi connectivity index (χ0) is 14.7. The monoisotopic (exact) mass is 276 g/mol. The average Bonchev–Trinajstić information content (AvgIpc) is 2.84. The van der Waals surface area contributed by atoms with Gasteiger partial charge in [-0.2, -0.15) is 0 Å². The molecule has 1 aliphatic rings. The summed E-state index contributed by atoms with van der Waals surface area (Å²) in [6.45, 7) is 1.89. The molecule has 1 amide bonds. The maximum absolute atomic E-state index is 11.2. The minimum atomic E-state index is -1.12. The van der Waals surface area contributed by atoms with Crippen molar-refractivity contribution in [2.24, 2.45) is 10.9 Å². The normalized spacial score (nSPS) is 21.9. The Balaban J connectivity index is 2.22. The Morgan fingerprint density at radius 1 is 1.30 bits per heavy atom. The number of carboxylic acids is 1. The fourth-order valence-electron chi connectivity index (χ4n) is 2.25. The second-order valence-electron chi connectivity index (χ2n) is 4.76. The van der Waals surface area contributed by atoms with Gasteiger partial charge in [-0.1, -0.05) is 30.3 Å². The van der Waals surface area contributed by atoms with Gasteiger partial charge in [0.25, 0.3) is 0 Å². The number of rotatable bonds is 3. The van der Waals surface area contributed by atoms with Crippen LogP contribution in [0.4, 0.5) is 4.79 Å². The molecule has 0 saturated carbocycles. The zero-order valence-corrected chi connectivity index (χ0v) is 11.1. The lowest BCUT2D eigenvalue weighted by Gasteiger charge is -2.10. The molecule has 0 aliphatic carbocycles. The van der Waals surface area contributed by atoms with Gasteiger partial charge in [-0.05, 0) is 12.5 Å². The van der Waals surface area contributed by atoms with E-state index in [1.165, 1.54) is 0 Å². The number of amides is 1. The van der Waals surface area contributed by atoms with E-state index in [1.54, 1.807) is 0 Å². The van der Waals surface area contributed by atoms with E-state index in [1.807, 2.05) is 37.3 Å². The molecule has 1 saturated heterocycles. The molecule has 20 heavy (non-hydrogen) atoms. The van der Waals surface area contributed by atoms with Gasteiger partial charge in [-0.15, -0.1) is 0 Å². The number of carbonyl (C=O) groups is 2. The van der Waals surface area contributed by atoms with Crippen molar-refractivity contribution in [2.75, 3.05) is 13.1 Å². The average molecular weight is 276 g/mol. The molecule has 6 heteroatoms. The van der Waals surface area contributed by atoms with Gasteiger partial charge in [0, 0.05) is 12.3 Å². The molecule has 0 aromatic heterocycles. The van der Waals surface area contributed by atoms with Crippen LogP contribution in [0.1, 0.15) is 18.5 Å². The Morgan fingerprint density at radius 3 is 2.50 bits per heavy atom. The van der Waals surface area contributed by atoms with E-state index in [0.717, 1.165) is 10.5 Å². The van der Waals surface area contributed by atoms with E-state index in [-0.39, 0.29) is 19.1 Å². The highest BCUT2D eigenvalue weighted by atomic mass is 16.4. The van der Waals surface area contributed by atoms with Gasteiger partial charge < -0.3 is 15.1 Å². The zero-order valence-electron chi connectivity index (χ0n) is 11.1. The third-order valence-corrected chi connectivity index (χ3v) is 3.37. The summed E-state index contributed by atoms with van der Waals surface area (Å²) in [6.07, 6.45) is -1.12. The third-order valence-electron chi connectivity index (χ3n) is 3.37. The summed E-state index contributed by atoms with van der Waals surface area (Å²) in [7, 11) is 0. The molecule has 1 fully saturated rings. The van der Waals surface area contributed by atoms with Crippen molar-refractivity contribution in [2.45, 2.75) is 13.0 Å². The molecule has 0 bridgehead atoms. The molecular weight excluding hydrogens is 260 g/mol. The summed E-state index contributed by atoms with van der Waals surface area (Å²) in [5.74, 6) is -1.88. The van der Waals surface area contributed by atoms with Crippen LogP contribution in [-0.2, 0) is 4.79 Å². The number of hydrogen-bond donors (Lipinski definition) is 2. The molecule has 2 rings (SSSR count). The van der Waals surface area contributed by atoms with Crippen molar-refractivity contribution in [3.8, 4) is 0 Å². The topological polar surface area (TPSA) is 90.2 Å². The Morgan fingerprint density at radius 2 is 1.95 bits per heavy atom. The second-order valence-corrected chi connectivity index (χ2v) is 4.76. The van der Waals surface area contributed by atoms with Crippen LogP contribution in [0.5, 0.6) is 0 Å². The van der Waals surface area contributed by atoms with Gasteiger partial charge in [-0.3, -0.25) is 9.79 Å². The van der Waals surface area contributed by atoms with Gasteiger partial charge in [0.05, 0.1) is 12.6 Å². The molecule has 1 aromatic rings. The van der Waals surface area contributed by atoms with Crippen LogP contribution < -0.4 is 0 Å². The third kappa shape index (κ3) is 2.96. The first-order valence-electron chi connectivity index (χ1n) is 6.31. The predicted molar refractivity (Wildman–Crippen MR) is 73.0 cm³/mol. The van der Waals surface area contributed by atoms with E-state index in [2.05, 4.69) is 4.99 Å². The number of benzene rings is 1. The van der Waals surface area contributed by atoms with Gasteiger partial charge >= 0.3 is 12.1 Å². The van der Waals surface area contributed by atoms with Gasteiger partial charge in [0.2, 0.25) is 0 Å². The summed E-state index contributed by atoms with van der Waals surface area (Å²) in [4.78, 5) is 27.6. The first-order chi connectivity index (χ1) is 9.49. The maximum Gasteiger partial charge on any atom is 0.407 e. The Labute approximate surface area is 116 Å². The fourth-order valence-corrected chi connectivity index (χ4v) is 2.25. The summed E-state index contributed by atoms with van der Waals surface area (Å²) < 4.78 is 0. The first-order valence-corrected chi connectivity index (χ1v) is 6.31. The number of carboxylic acid groups (broad SMARTS) is 2. The Hall–Kier alpha value is -2.37. The standard InChI is InChI=1S/C14H16N2O4/c1-9(10-5-3-2-4-6-10)15-12-8-16(14(19)20)7-11(12)13(17)18/h2-6,9,11H,7-8H2,1H3,(H,17,18)(H,19,20). The largest absolute Gasteiger partial charge is 0.481 e. The molecular formula is C14H16N2O4. The van der Waals surface area contributed by atoms with E-state index in [0.29, 0.717) is 5.71 Å². The fraction of sp³-hybridized carbons (Fsp3) is 0.357. The lowest BCUT2D eigenvalue weighted by molar-refractivity contribution is -0.139. The predicted octanol–water partition coefficient (Wildman–Crippen LogP) is 1.88. The van der Waals surface area contributed by atoms with Crippen LogP contribution in [0.3, 0.4) is 0 Å². The molecule has 1 aliphatic heterocycles. The molecule has 2 N–H and O–H groups in total. The minimum absolute atomic E-state index is 0.0367. The smallest absolute Gasteiger partial charge is 0.407 e. The molecule has 1 aromatic carbocycles. The highest BCUT2D eigenvalue weighted by Crippen LogP contribution is 2.21. The minimum Gasteiger partial charge on any atom is -0.481 e. The van der Waals surface area contributed by atoms with Crippen molar-refractivity contribution in [3.63, 3.8) is 0 Å². The Kier molecular flexibility index (Phi) is 4.02. The van der Waals surface area contributed by atoms with Gasteiger partial charge in [0.15, 0.2) is 0 Å². The lowest BCUT2D eigenvalue weighted by Crippen LogP contribution is -2.28. The van der Waals surface area contributed by atoms with Crippen molar-refractivity contribution in [3.05, 3.63) is 35.9 Å². The van der Waals surface area contributed by atoms with E-state index in [4.69, 9.17) is 10.2 Å². The molecule has 6 nitrogen and oxygen atoms in total. The van der Waals surface area contributed by atoms with Crippen LogP contribution in [0, 0.1) is 5.92 Å². The van der Waals surface area contributed by atoms with Crippen molar-refractivity contribution >= 4 is 17.8 Å². The van der Waals surface area contributed by atoms with Gasteiger partial charge in [0.1, 0.15) is 5.92 Å². The summed E-state index contributed by atoms with van der Waals surface area (Å²) in [6, 6.07) is 9.30. The molecule has 2 unspecified atom stereocenters. The van der Waals surface area contributed by atoms with E-state index >= 15 is 0 Å². The number of hydrogen-bond acceptors (Lipinski definition) is 3. The van der Waals surface area contributed by atoms with Crippen LogP contribution >= 0.6 is 0 Å². The van der Waals surface area contributed by atoms with Crippen molar-refractivity contribution in [1.29, 1.82) is 0 Å². The maximum atomic E-state index is 11.2. The first kappa shape index (κ1) is 14.0. The highest BCUT2D eigenvalue weighted by Gasteiger charge is 2.36. The number of nitrogens with zero attached hydrogens (tertiary/aromatic N) is 2. The second kappa shape index (κ2) is 5.73. The van der Waals surface area contributed by atoms with Crippen molar-refractivity contribution in [1.82, 2.24) is 4.90 Å². The summed E-state index contributed by atoms with van der Waals surface area (Å²) in [5, 5.41) is 18.1. The van der Waals surface area contributed by atoms with E-state index in [9.17, 15) is 9.59 Å². The molecule has 2 atom stereocenters. The highest BCUT2D eigenvalue weighted by molar-refractivity contribution is 6.06. The van der Waals surface area contributed by atoms with Crippen LogP contribution in [0.2, 0.25) is 0 Å². The molecule has 106 valence electrons. The van der Waals surface area contributed by atoms with Crippen LogP contribution in [-0.4, -0.2) is 46.0 Å². The summed E-state index contributed by atoms with van der Waals surface area (Å²) in [5.41, 5.74) is 1.38. The van der Waals surface area contributed by atoms with E-state index < -0.39 is 18.0 Å². The van der Waals surface area contributed by atoms with Gasteiger partial charge in [-0.25, -0.2) is 4.79 Å². The number of likely N-dealkylation sites (tertiary alicyclic amines) is 1. The van der Waals surface area contributed by atoms with Crippen LogP contribution in [0.15, 0.2) is 35.3 Å². The lowest BCUT2D eigenvalue weighted by atomic mass is 10.1. The number of aliphatic imine (C=N–C) groups is 1. The number of aliphatic carboxylic acids is 1. The van der Waals surface area contributed by atoms with Crippen LogP contribution in [0.25, 0.3) is 0 Å². The quantitative estimate of drug-likeness (QED) is 0.882. The molecule has 0 spiro atoms. The van der Waals surface area contributed by atoms with Crippen molar-refractivity contribution < 1.29 is 19.8 Å². The Bertz CT molecular complexity index is 541.